The predicted octanol–water partition coefficient (Wildman–Crippen LogP) is 10.8. The first-order valence-electron chi connectivity index (χ1n) is 24.9. The Kier molecular flexibility index (Phi) is 41.5. The highest BCUT2D eigenvalue weighted by molar-refractivity contribution is 8.00. The number of unbranched alkanes of at least 4 members (excludes halogenated alkanes) is 9. The molecule has 1 unspecified atom stereocenters. The van der Waals surface area contributed by atoms with Crippen LogP contribution in [0.1, 0.15) is 142 Å². The van der Waals surface area contributed by atoms with Crippen LogP contribution in [-0.2, 0) is 37.5 Å². The first-order chi connectivity index (χ1) is 32.6. The number of quaternary nitrogens is 1. The minimum Gasteiger partial charge on any atom is -0.756 e. The summed E-state index contributed by atoms with van der Waals surface area (Å²) in [6.07, 6.45) is 47.6. The van der Waals surface area contributed by atoms with Crippen molar-refractivity contribution in [1.82, 2.24) is 0 Å². The third-order valence-corrected chi connectivity index (χ3v) is 12.4. The second kappa shape index (κ2) is 43.7. The number of aliphatic hydroxyl groups excluding tert-OH is 1. The van der Waals surface area contributed by atoms with Crippen molar-refractivity contribution in [1.29, 1.82) is 0 Å². The van der Waals surface area contributed by atoms with Crippen LogP contribution in [-0.4, -0.2) is 109 Å². The molecule has 15 heteroatoms. The molecule has 0 radical (unpaired) electrons. The molecule has 13 nitrogen and oxygen atoms in total. The van der Waals surface area contributed by atoms with Crippen molar-refractivity contribution in [2.75, 3.05) is 53.3 Å². The van der Waals surface area contributed by atoms with Crippen molar-refractivity contribution in [3.8, 4) is 0 Å². The molecule has 0 saturated carbocycles. The Bertz CT molecular complexity index is 1600. The molecule has 0 aromatic rings. The number of carbonyl (C=O) groups is 3. The van der Waals surface area contributed by atoms with Gasteiger partial charge in [-0.25, -0.2) is 0 Å². The fourth-order valence-electron chi connectivity index (χ4n) is 6.02. The minimum absolute atomic E-state index is 0.0376. The number of aliphatic hydroxyl groups is 1. The van der Waals surface area contributed by atoms with Gasteiger partial charge in [-0.1, -0.05) is 143 Å². The smallest absolute Gasteiger partial charge is 0.323 e. The van der Waals surface area contributed by atoms with Crippen molar-refractivity contribution in [2.24, 2.45) is 5.73 Å². The maximum atomic E-state index is 13.1. The maximum Gasteiger partial charge on any atom is 0.323 e. The SMILES string of the molecule is CCCCC/C=C\C\C=C/C=C/C=C/[C@@H](SC[C@H](N)C(=O)OC[C@H](COP(=O)([O-])OCC[N+](C)(C)C)OC(=O)CCCCC/C=C\C/C=C\C/C=C\C/C=C\CCCCC)[C@@H](O)CCCC(=O)O. The molecule has 0 aliphatic rings. The number of likely N-dealkylation sites (N-methyl/N-ethyl adjacent to an activating group) is 1. The van der Waals surface area contributed by atoms with Gasteiger partial charge in [-0.2, -0.15) is 0 Å². The zero-order chi connectivity index (χ0) is 50.6. The Morgan fingerprint density at radius 1 is 0.691 bits per heavy atom. The summed E-state index contributed by atoms with van der Waals surface area (Å²) in [5.74, 6) is -2.34. The number of ether oxygens (including phenoxy) is 2. The molecule has 0 aromatic heterocycles. The van der Waals surface area contributed by atoms with E-state index in [2.05, 4.69) is 74.6 Å². The molecule has 0 aliphatic heterocycles. The van der Waals surface area contributed by atoms with Crippen LogP contribution in [0.3, 0.4) is 0 Å². The van der Waals surface area contributed by atoms with E-state index in [1.165, 1.54) is 50.3 Å². The van der Waals surface area contributed by atoms with Gasteiger partial charge in [-0.05, 0) is 83.5 Å². The summed E-state index contributed by atoms with van der Waals surface area (Å²) >= 11 is 1.21. The van der Waals surface area contributed by atoms with E-state index < -0.39 is 62.4 Å². The third kappa shape index (κ3) is 43.9. The molecule has 5 atom stereocenters. The number of esters is 2. The van der Waals surface area contributed by atoms with Crippen LogP contribution in [0, 0.1) is 0 Å². The van der Waals surface area contributed by atoms with Crippen molar-refractivity contribution in [2.45, 2.75) is 166 Å². The molecule has 0 saturated heterocycles. The number of carbonyl (C=O) groups excluding carboxylic acids is 2. The van der Waals surface area contributed by atoms with Crippen LogP contribution >= 0.6 is 19.6 Å². The summed E-state index contributed by atoms with van der Waals surface area (Å²) in [5.41, 5.74) is 6.20. The van der Waals surface area contributed by atoms with Crippen LogP contribution in [0.5, 0.6) is 0 Å². The largest absolute Gasteiger partial charge is 0.756 e. The van der Waals surface area contributed by atoms with Gasteiger partial charge in [-0.3, -0.25) is 18.9 Å². The number of phosphoric acid groups is 1. The normalized spacial score (nSPS) is 15.5. The monoisotopic (exact) mass is 993 g/mol. The Labute approximate surface area is 415 Å². The number of allylic oxidation sites excluding steroid dienone is 15. The van der Waals surface area contributed by atoms with Gasteiger partial charge in [-0.15, -0.1) is 11.8 Å². The number of carboxylic acids is 1. The summed E-state index contributed by atoms with van der Waals surface area (Å²) in [4.78, 5) is 49.6. The van der Waals surface area contributed by atoms with Crippen molar-refractivity contribution < 1.29 is 57.1 Å². The van der Waals surface area contributed by atoms with Gasteiger partial charge >= 0.3 is 17.9 Å². The quantitative estimate of drug-likeness (QED) is 0.0130. The lowest BCUT2D eigenvalue weighted by Gasteiger charge is -2.28. The number of aliphatic carboxylic acids is 1. The van der Waals surface area contributed by atoms with Gasteiger partial charge in [0, 0.05) is 23.8 Å². The number of hydrogen-bond acceptors (Lipinski definition) is 12. The molecule has 4 N–H and O–H groups in total. The van der Waals surface area contributed by atoms with E-state index in [9.17, 15) is 28.9 Å². The summed E-state index contributed by atoms with van der Waals surface area (Å²) < 4.78 is 34.0. The van der Waals surface area contributed by atoms with E-state index in [0.717, 1.165) is 57.8 Å². The number of thioether (sulfide) groups is 1. The van der Waals surface area contributed by atoms with Crippen LogP contribution in [0.15, 0.2) is 97.2 Å². The van der Waals surface area contributed by atoms with E-state index in [4.69, 9.17) is 29.4 Å². The Morgan fingerprint density at radius 2 is 1.24 bits per heavy atom. The third-order valence-electron chi connectivity index (χ3n) is 10.1. The summed E-state index contributed by atoms with van der Waals surface area (Å²) in [5, 5.41) is 19.5. The molecule has 388 valence electrons. The lowest BCUT2D eigenvalue weighted by Crippen LogP contribution is -2.39. The van der Waals surface area contributed by atoms with Crippen LogP contribution in [0.4, 0.5) is 0 Å². The summed E-state index contributed by atoms with van der Waals surface area (Å²) in [6.45, 7) is 3.53. The molecule has 0 rings (SSSR count). The van der Waals surface area contributed by atoms with E-state index in [0.29, 0.717) is 17.4 Å². The van der Waals surface area contributed by atoms with Gasteiger partial charge in [0.15, 0.2) is 6.10 Å². The lowest BCUT2D eigenvalue weighted by atomic mass is 10.1. The highest BCUT2D eigenvalue weighted by atomic mass is 32.2. The van der Waals surface area contributed by atoms with Crippen LogP contribution < -0.4 is 10.6 Å². The van der Waals surface area contributed by atoms with Crippen molar-refractivity contribution in [3.05, 3.63) is 97.2 Å². The summed E-state index contributed by atoms with van der Waals surface area (Å²) in [7, 11) is 0.869. The number of nitrogens with zero attached hydrogens (tertiary/aromatic N) is 1. The first-order valence-corrected chi connectivity index (χ1v) is 27.4. The number of phosphoric ester groups is 1. The standard InChI is InChI=1S/C53H89N2O11PS/c1-6-8-10-12-14-16-18-20-21-22-23-24-25-26-28-30-32-34-36-41-52(59)66-47(45-65-67(61,62)64-43-42-55(3,4)5)44-63-53(60)48(54)46-68-50(49(56)38-37-40-51(57)58)39-35-33-31-29-27-19-17-15-13-11-9-7-2/h14-17,20-21,23-24,26-29,31,33,35,39,47-50,56H,6-13,18-19,22,25,30,32,34,36-38,40-46,54H2,1-5H3,(H-,57,58,61,62)/b16-14-,17-15-,21-20-,24-23-,28-26-,29-27-,33-31+,39-35+/t47-,48+,49+,50-/m1/s1. The molecule has 0 amide bonds. The first kappa shape index (κ1) is 64.7. The molecular formula is C53H89N2O11PS. The van der Waals surface area contributed by atoms with Gasteiger partial charge in [0.1, 0.15) is 25.8 Å². The zero-order valence-electron chi connectivity index (χ0n) is 42.2. The zero-order valence-corrected chi connectivity index (χ0v) is 43.9. The molecule has 0 spiro atoms. The molecule has 0 bridgehead atoms. The fourth-order valence-corrected chi connectivity index (χ4v) is 7.87. The van der Waals surface area contributed by atoms with Crippen molar-refractivity contribution >= 4 is 37.5 Å². The minimum atomic E-state index is -4.78. The Morgan fingerprint density at radius 3 is 1.79 bits per heavy atom. The predicted molar refractivity (Wildman–Crippen MR) is 278 cm³/mol. The molecule has 0 fully saturated rings. The molecule has 0 aromatic carbocycles. The molecule has 68 heavy (non-hydrogen) atoms. The Balaban J connectivity index is 5.21. The number of rotatable bonds is 44. The lowest BCUT2D eigenvalue weighted by molar-refractivity contribution is -0.870. The highest BCUT2D eigenvalue weighted by Gasteiger charge is 2.25. The van der Waals surface area contributed by atoms with Gasteiger partial charge in [0.2, 0.25) is 0 Å². The average molecular weight is 993 g/mol. The van der Waals surface area contributed by atoms with E-state index in [1.807, 2.05) is 45.4 Å². The van der Waals surface area contributed by atoms with E-state index >= 15 is 0 Å². The Hall–Kier alpha value is -3.33. The topological polar surface area (TPSA) is 195 Å². The fraction of sp³-hybridized carbons (Fsp3) is 0.642. The summed E-state index contributed by atoms with van der Waals surface area (Å²) in [6, 6.07) is -1.15. The van der Waals surface area contributed by atoms with Gasteiger partial charge in [0.05, 0.1) is 33.9 Å². The van der Waals surface area contributed by atoms with Crippen LogP contribution in [0.2, 0.25) is 0 Å². The molecule has 0 heterocycles. The van der Waals surface area contributed by atoms with E-state index in [-0.39, 0.29) is 38.0 Å². The second-order valence-corrected chi connectivity index (χ2v) is 20.3. The van der Waals surface area contributed by atoms with Crippen LogP contribution in [0.25, 0.3) is 0 Å². The van der Waals surface area contributed by atoms with Gasteiger partial charge in [0.25, 0.3) is 7.82 Å². The number of hydrogen-bond donors (Lipinski definition) is 3. The number of carboxylic acid groups (broad SMARTS) is 1. The second-order valence-electron chi connectivity index (χ2n) is 17.7. The highest BCUT2D eigenvalue weighted by Crippen LogP contribution is 2.38. The maximum absolute atomic E-state index is 13.1. The average Bonchev–Trinajstić information content (AvgIpc) is 3.28. The number of nitrogens with two attached hydrogens (primary N) is 1. The van der Waals surface area contributed by atoms with E-state index in [1.54, 1.807) is 12.2 Å². The molecule has 0 aliphatic carbocycles. The van der Waals surface area contributed by atoms with Crippen molar-refractivity contribution in [3.63, 3.8) is 0 Å². The molecular weight excluding hydrogens is 904 g/mol. The van der Waals surface area contributed by atoms with Gasteiger partial charge < -0.3 is 43.8 Å².